The summed E-state index contributed by atoms with van der Waals surface area (Å²) in [5, 5.41) is 43.3. The van der Waals surface area contributed by atoms with Gasteiger partial charge in [-0.15, -0.1) is 0 Å². The maximum absolute atomic E-state index is 12.5. The summed E-state index contributed by atoms with van der Waals surface area (Å²) in [5.74, 6) is 0.869. The van der Waals surface area contributed by atoms with Crippen molar-refractivity contribution in [2.75, 3.05) is 13.2 Å². The number of rotatable bonds is 2. The number of hydrogen-bond acceptors (Lipinski definition) is 9. The summed E-state index contributed by atoms with van der Waals surface area (Å²) in [6.07, 6.45) is 3.05. The molecule has 5 saturated carbocycles. The highest BCUT2D eigenvalue weighted by atomic mass is 16.8. The van der Waals surface area contributed by atoms with Gasteiger partial charge in [-0.2, -0.15) is 0 Å². The third-order valence-electron chi connectivity index (χ3n) is 16.4. The molecule has 0 aromatic carbocycles. The molecule has 4 saturated heterocycles. The lowest BCUT2D eigenvalue weighted by Gasteiger charge is -2.64. The van der Waals surface area contributed by atoms with Crippen LogP contribution in [0.5, 0.6) is 0 Å². The molecule has 9 aliphatic rings. The van der Waals surface area contributed by atoms with Gasteiger partial charge >= 0.3 is 0 Å². The van der Waals surface area contributed by atoms with Crippen LogP contribution in [0.1, 0.15) is 92.9 Å². The minimum Gasteiger partial charge on any atom is -0.390 e. The highest BCUT2D eigenvalue weighted by Crippen LogP contribution is 2.89. The molecule has 18 atom stereocenters. The van der Waals surface area contributed by atoms with Crippen LogP contribution >= 0.6 is 0 Å². The first kappa shape index (κ1) is 29.8. The van der Waals surface area contributed by atoms with Crippen LogP contribution in [0, 0.1) is 50.7 Å². The molecule has 0 aromatic rings. The summed E-state index contributed by atoms with van der Waals surface area (Å²) in [7, 11) is 0. The summed E-state index contributed by atoms with van der Waals surface area (Å²) in [6, 6.07) is 0. The molecule has 4 heterocycles. The third kappa shape index (κ3) is 3.20. The summed E-state index contributed by atoms with van der Waals surface area (Å²) in [4.78, 5) is 0. The average Bonchev–Trinajstić information content (AvgIpc) is 3.82. The smallest absolute Gasteiger partial charge is 0.198 e. The number of epoxide rings is 1. The average molecular weight is 619 g/mol. The first-order valence-corrected chi connectivity index (χ1v) is 17.6. The number of aliphatic hydroxyl groups excluding tert-OH is 4. The van der Waals surface area contributed by atoms with E-state index >= 15 is 0 Å². The van der Waals surface area contributed by atoms with Gasteiger partial charge in [-0.3, -0.25) is 0 Å². The van der Waals surface area contributed by atoms with E-state index in [9.17, 15) is 20.4 Å². The largest absolute Gasteiger partial charge is 0.390 e. The van der Waals surface area contributed by atoms with Crippen molar-refractivity contribution in [3.8, 4) is 0 Å². The Balaban J connectivity index is 0.995. The van der Waals surface area contributed by atoms with Crippen LogP contribution in [0.4, 0.5) is 0 Å². The number of hydrogen-bond donors (Lipinski definition) is 4. The van der Waals surface area contributed by atoms with E-state index in [-0.39, 0.29) is 57.6 Å². The molecule has 248 valence electrons. The second-order valence-electron chi connectivity index (χ2n) is 18.3. The Hall–Kier alpha value is -0.360. The van der Waals surface area contributed by atoms with Crippen molar-refractivity contribution in [1.82, 2.24) is 0 Å². The minimum absolute atomic E-state index is 0.00729. The van der Waals surface area contributed by atoms with Gasteiger partial charge in [-0.25, -0.2) is 0 Å². The van der Waals surface area contributed by atoms with E-state index in [0.717, 1.165) is 38.5 Å². The van der Waals surface area contributed by atoms with Gasteiger partial charge in [0.05, 0.1) is 31.5 Å². The van der Waals surface area contributed by atoms with Gasteiger partial charge in [0.15, 0.2) is 12.1 Å². The van der Waals surface area contributed by atoms with Crippen molar-refractivity contribution < 1.29 is 44.1 Å². The zero-order valence-electron chi connectivity index (χ0n) is 27.3. The zero-order chi connectivity index (χ0) is 31.0. The SMILES string of the molecule is C[C@@H]1C[C@]2(OC[C@]3(C)O[C@H]23)O[C@@H]2[C@H]1[C@@]1(C)CC[C@@]34C[C@@]35CC[C@H](O[C@@H]3OC[C@@H](O)[C@H](O)[C@H]3O)C(C)(C)[C@@H]5CC[C@H]4[C@]1(C)[C@H]2O. The van der Waals surface area contributed by atoms with Crippen LogP contribution < -0.4 is 0 Å². The van der Waals surface area contributed by atoms with Gasteiger partial charge in [0, 0.05) is 11.8 Å². The van der Waals surface area contributed by atoms with E-state index in [1.165, 1.54) is 12.8 Å². The molecule has 4 aliphatic heterocycles. The fraction of sp³-hybridized carbons (Fsp3) is 1.00. The summed E-state index contributed by atoms with van der Waals surface area (Å²) < 4.78 is 31.6. The van der Waals surface area contributed by atoms with Crippen molar-refractivity contribution in [1.29, 1.82) is 0 Å². The highest BCUT2D eigenvalue weighted by molar-refractivity contribution is 5.33. The normalized spacial score (nSPS) is 66.4. The Labute approximate surface area is 261 Å². The second-order valence-corrected chi connectivity index (χ2v) is 18.3. The third-order valence-corrected chi connectivity index (χ3v) is 16.4. The number of aliphatic hydroxyl groups is 4. The molecule has 9 fully saturated rings. The fourth-order valence-electron chi connectivity index (χ4n) is 14.2. The Morgan fingerprint density at radius 1 is 0.818 bits per heavy atom. The van der Waals surface area contributed by atoms with E-state index in [1.54, 1.807) is 0 Å². The Kier molecular flexibility index (Phi) is 5.83. The van der Waals surface area contributed by atoms with E-state index in [2.05, 4.69) is 41.5 Å². The standard InChI is InChI=1S/C35H54O9/c1-17-13-35(28-31(5,44-28)16-41-35)43-25-22(17)30(4)11-12-34-15-33(34)10-9-21(42-27-24(38)23(37)18(36)14-40-27)29(2,3)19(33)7-8-20(34)32(30,6)26(25)39/h17-28,36-39H,7-16H2,1-6H3/t17-,18-,19+,20+,21+,22+,23+,24-,25-,26+,27+,28+,30-,31+,32-,33-,34+,35+/m1/s1. The Bertz CT molecular complexity index is 1240. The van der Waals surface area contributed by atoms with Crippen LogP contribution in [0.25, 0.3) is 0 Å². The molecule has 4 N–H and O–H groups in total. The molecule has 5 aliphatic carbocycles. The monoisotopic (exact) mass is 618 g/mol. The molecule has 0 aromatic heterocycles. The van der Waals surface area contributed by atoms with Gasteiger partial charge in [0.25, 0.3) is 0 Å². The molecule has 0 amide bonds. The maximum atomic E-state index is 12.5. The lowest BCUT2D eigenvalue weighted by molar-refractivity contribution is -0.313. The molecule has 9 nitrogen and oxygen atoms in total. The van der Waals surface area contributed by atoms with Crippen molar-refractivity contribution in [2.45, 2.75) is 153 Å². The van der Waals surface area contributed by atoms with Crippen LogP contribution in [0.15, 0.2) is 0 Å². The van der Waals surface area contributed by atoms with Gasteiger partial charge in [-0.1, -0.05) is 34.6 Å². The summed E-state index contributed by atoms with van der Waals surface area (Å²) >= 11 is 0. The second kappa shape index (κ2) is 8.61. The summed E-state index contributed by atoms with van der Waals surface area (Å²) in [6.45, 7) is 14.6. The van der Waals surface area contributed by atoms with Gasteiger partial charge in [-0.05, 0) is 97.2 Å². The lowest BCUT2D eigenvalue weighted by Crippen LogP contribution is -2.61. The molecule has 9 heteroatoms. The molecule has 0 bridgehead atoms. The fourth-order valence-corrected chi connectivity index (χ4v) is 14.2. The van der Waals surface area contributed by atoms with E-state index in [1.807, 2.05) is 0 Å². The van der Waals surface area contributed by atoms with E-state index < -0.39 is 36.5 Å². The molecule has 3 spiro atoms. The van der Waals surface area contributed by atoms with Crippen molar-refractivity contribution in [3.63, 3.8) is 0 Å². The minimum atomic E-state index is -1.27. The molecule has 44 heavy (non-hydrogen) atoms. The quantitative estimate of drug-likeness (QED) is 0.272. The van der Waals surface area contributed by atoms with Crippen LogP contribution in [-0.4, -0.2) is 94.0 Å². The van der Waals surface area contributed by atoms with Crippen LogP contribution in [-0.2, 0) is 23.7 Å². The summed E-state index contributed by atoms with van der Waals surface area (Å²) in [5.41, 5.74) is -0.156. The predicted octanol–water partition coefficient (Wildman–Crippen LogP) is 3.14. The Morgan fingerprint density at radius 2 is 1.55 bits per heavy atom. The van der Waals surface area contributed by atoms with Gasteiger partial charge < -0.3 is 44.1 Å². The predicted molar refractivity (Wildman–Crippen MR) is 157 cm³/mol. The van der Waals surface area contributed by atoms with E-state index in [0.29, 0.717) is 30.3 Å². The van der Waals surface area contributed by atoms with Crippen molar-refractivity contribution in [3.05, 3.63) is 0 Å². The molecule has 0 unspecified atom stereocenters. The molecular formula is C35H54O9. The van der Waals surface area contributed by atoms with Gasteiger partial charge in [0.1, 0.15) is 30.0 Å². The first-order chi connectivity index (χ1) is 20.6. The van der Waals surface area contributed by atoms with Gasteiger partial charge in [0.2, 0.25) is 0 Å². The van der Waals surface area contributed by atoms with Crippen molar-refractivity contribution in [2.24, 2.45) is 50.7 Å². The topological polar surface area (TPSA) is 130 Å². The number of ether oxygens (including phenoxy) is 5. The van der Waals surface area contributed by atoms with Crippen molar-refractivity contribution >= 4 is 0 Å². The molecule has 9 rings (SSSR count). The van der Waals surface area contributed by atoms with E-state index in [4.69, 9.17) is 23.7 Å². The highest BCUT2D eigenvalue weighted by Gasteiger charge is 2.86. The Morgan fingerprint density at radius 3 is 2.25 bits per heavy atom. The lowest BCUT2D eigenvalue weighted by atomic mass is 9.41. The number of fused-ring (bicyclic) bond motifs is 6. The van der Waals surface area contributed by atoms with Crippen LogP contribution in [0.2, 0.25) is 0 Å². The zero-order valence-corrected chi connectivity index (χ0v) is 27.3. The maximum Gasteiger partial charge on any atom is 0.198 e. The molecule has 0 radical (unpaired) electrons. The van der Waals surface area contributed by atoms with Crippen LogP contribution in [0.3, 0.4) is 0 Å². The first-order valence-electron chi connectivity index (χ1n) is 17.6. The molecular weight excluding hydrogens is 564 g/mol.